The number of halogens is 2. The van der Waals surface area contributed by atoms with E-state index in [0.29, 0.717) is 0 Å². The molecule has 0 unspecified atom stereocenters. The molecule has 0 aliphatic heterocycles. The van der Waals surface area contributed by atoms with E-state index in [9.17, 15) is 0 Å². The second-order valence-electron chi connectivity index (χ2n) is 9.06. The Hall–Kier alpha value is 0.880. The van der Waals surface area contributed by atoms with Crippen LogP contribution < -0.4 is 11.9 Å². The molecule has 0 atom stereocenters. The number of unbranched alkanes of at least 4 members (excludes halogenated alkanes) is 9. The van der Waals surface area contributed by atoms with Gasteiger partial charge in [0.25, 0.3) is 0 Å². The molecule has 0 radical (unpaired) electrons. The SMILES string of the molecule is CCC(CC)CCCC(CC)CC.CCCCCCCBr.[NH3+]CCCCCCCCBr.[NH4+]. The van der Waals surface area contributed by atoms with E-state index in [1.54, 1.807) is 0 Å². The standard InChI is InChI=1S/C13H28.C8H18BrN.C7H15Br.H3N/c1-5-12(6-2)10-9-11-13(7-3)8-4;9-7-5-3-1-2-4-6-8-10;1-2-3-4-5-6-7-8;/h12-13H,5-11H2,1-4H3;1-8,10H2;2-7H2,1H3;1H3/p+2. The summed E-state index contributed by atoms with van der Waals surface area (Å²) in [5.41, 5.74) is 3.81. The summed E-state index contributed by atoms with van der Waals surface area (Å²) in [7, 11) is 0. The zero-order chi connectivity index (χ0) is 24.0. The highest BCUT2D eigenvalue weighted by atomic mass is 79.9. The molecule has 0 aliphatic carbocycles. The van der Waals surface area contributed by atoms with Crippen LogP contribution in [0.4, 0.5) is 0 Å². The van der Waals surface area contributed by atoms with Crippen LogP contribution in [0.15, 0.2) is 0 Å². The van der Waals surface area contributed by atoms with Gasteiger partial charge in [0.15, 0.2) is 0 Å². The van der Waals surface area contributed by atoms with E-state index < -0.39 is 0 Å². The molecule has 7 N–H and O–H groups in total. The van der Waals surface area contributed by atoms with Crippen LogP contribution in [0.2, 0.25) is 0 Å². The van der Waals surface area contributed by atoms with Crippen LogP contribution in [0.1, 0.15) is 150 Å². The lowest BCUT2D eigenvalue weighted by molar-refractivity contribution is -0.368. The van der Waals surface area contributed by atoms with E-state index in [0.717, 1.165) is 18.4 Å². The average Bonchev–Trinajstić information content (AvgIpc) is 2.80. The van der Waals surface area contributed by atoms with Gasteiger partial charge in [-0.3, -0.25) is 0 Å². The zero-order valence-corrected chi connectivity index (χ0v) is 26.6. The Labute approximate surface area is 222 Å². The Morgan fingerprint density at radius 1 is 0.500 bits per heavy atom. The molecule has 4 heteroatoms. The summed E-state index contributed by atoms with van der Waals surface area (Å²) in [6.07, 6.45) is 25.0. The fraction of sp³-hybridized carbons (Fsp3) is 1.00. The van der Waals surface area contributed by atoms with Crippen molar-refractivity contribution in [2.24, 2.45) is 11.8 Å². The molecule has 0 aliphatic rings. The number of rotatable bonds is 20. The van der Waals surface area contributed by atoms with Crippen LogP contribution in [-0.4, -0.2) is 17.2 Å². The molecular formula is C28H66Br2N2+2. The van der Waals surface area contributed by atoms with Crippen molar-refractivity contribution >= 4 is 31.9 Å². The second-order valence-corrected chi connectivity index (χ2v) is 10.6. The smallest absolute Gasteiger partial charge is 0.0739 e. The molecule has 0 rings (SSSR count). The largest absolute Gasteiger partial charge is 0.369 e. The molecule has 0 amide bonds. The van der Waals surface area contributed by atoms with E-state index in [2.05, 4.69) is 72.2 Å². The predicted octanol–water partition coefficient (Wildman–Crippen LogP) is 10.7. The zero-order valence-electron chi connectivity index (χ0n) is 23.5. The molecule has 0 aromatic carbocycles. The Morgan fingerprint density at radius 3 is 1.16 bits per heavy atom. The van der Waals surface area contributed by atoms with Gasteiger partial charge < -0.3 is 11.9 Å². The van der Waals surface area contributed by atoms with E-state index in [4.69, 9.17) is 0 Å². The molecule has 0 aromatic rings. The summed E-state index contributed by atoms with van der Waals surface area (Å²) >= 11 is 6.82. The maximum absolute atomic E-state index is 3.81. The fourth-order valence-electron chi connectivity index (χ4n) is 3.77. The highest BCUT2D eigenvalue weighted by Gasteiger charge is 2.06. The average molecular weight is 591 g/mol. The Bertz CT molecular complexity index is 244. The van der Waals surface area contributed by atoms with E-state index in [-0.39, 0.29) is 6.15 Å². The highest BCUT2D eigenvalue weighted by Crippen LogP contribution is 2.21. The summed E-state index contributed by atoms with van der Waals surface area (Å²) < 4.78 is 0. The van der Waals surface area contributed by atoms with Gasteiger partial charge in [-0.1, -0.05) is 156 Å². The Kier molecular flexibility index (Phi) is 49.0. The van der Waals surface area contributed by atoms with E-state index in [1.165, 1.54) is 126 Å². The molecule has 2 nitrogen and oxygen atoms in total. The third-order valence-electron chi connectivity index (χ3n) is 6.40. The lowest BCUT2D eigenvalue weighted by Crippen LogP contribution is -2.50. The first-order chi connectivity index (χ1) is 15.1. The molecule has 0 saturated carbocycles. The quantitative estimate of drug-likeness (QED) is 0.105. The normalized spacial score (nSPS) is 10.3. The fourth-order valence-corrected chi connectivity index (χ4v) is 4.56. The predicted molar refractivity (Wildman–Crippen MR) is 160 cm³/mol. The highest BCUT2D eigenvalue weighted by molar-refractivity contribution is 9.09. The third-order valence-corrected chi connectivity index (χ3v) is 7.53. The molecular weight excluding hydrogens is 524 g/mol. The van der Waals surface area contributed by atoms with E-state index >= 15 is 0 Å². The van der Waals surface area contributed by atoms with Crippen LogP contribution >= 0.6 is 31.9 Å². The summed E-state index contributed by atoms with van der Waals surface area (Å²) in [6, 6.07) is 0. The summed E-state index contributed by atoms with van der Waals surface area (Å²) in [4.78, 5) is 0. The second kappa shape index (κ2) is 39.1. The number of hydrogen-bond donors (Lipinski definition) is 2. The first-order valence-corrected chi connectivity index (χ1v) is 16.3. The minimum Gasteiger partial charge on any atom is -0.369 e. The maximum atomic E-state index is 3.81. The van der Waals surface area contributed by atoms with Crippen molar-refractivity contribution in [3.63, 3.8) is 0 Å². The number of alkyl halides is 2. The summed E-state index contributed by atoms with van der Waals surface area (Å²) in [5.74, 6) is 1.99. The molecule has 0 heterocycles. The minimum atomic E-state index is 0. The van der Waals surface area contributed by atoms with Gasteiger partial charge in [-0.05, 0) is 37.5 Å². The van der Waals surface area contributed by atoms with Crippen molar-refractivity contribution in [3.05, 3.63) is 0 Å². The summed E-state index contributed by atoms with van der Waals surface area (Å²) in [5, 5.41) is 2.35. The lowest BCUT2D eigenvalue weighted by Gasteiger charge is -2.15. The van der Waals surface area contributed by atoms with Gasteiger partial charge in [0.05, 0.1) is 6.54 Å². The first-order valence-electron chi connectivity index (χ1n) is 14.0. The van der Waals surface area contributed by atoms with Crippen LogP contribution in [0.25, 0.3) is 0 Å². The van der Waals surface area contributed by atoms with Gasteiger partial charge >= 0.3 is 0 Å². The Balaban J connectivity index is -0.000000187. The van der Waals surface area contributed by atoms with Crippen LogP contribution in [0, 0.1) is 11.8 Å². The monoisotopic (exact) mass is 588 g/mol. The van der Waals surface area contributed by atoms with Gasteiger partial charge in [-0.2, -0.15) is 0 Å². The maximum Gasteiger partial charge on any atom is 0.0739 e. The summed E-state index contributed by atoms with van der Waals surface area (Å²) in [6.45, 7) is 12.7. The van der Waals surface area contributed by atoms with Crippen LogP contribution in [0.5, 0.6) is 0 Å². The van der Waals surface area contributed by atoms with Crippen LogP contribution in [-0.2, 0) is 0 Å². The molecule has 32 heavy (non-hydrogen) atoms. The molecule has 0 bridgehead atoms. The third kappa shape index (κ3) is 38.2. The first kappa shape index (κ1) is 40.1. The number of quaternary nitrogens is 2. The molecule has 0 spiro atoms. The van der Waals surface area contributed by atoms with Crippen molar-refractivity contribution < 1.29 is 5.73 Å². The lowest BCUT2D eigenvalue weighted by atomic mass is 9.91. The van der Waals surface area contributed by atoms with Crippen molar-refractivity contribution in [2.45, 2.75) is 150 Å². The van der Waals surface area contributed by atoms with Gasteiger partial charge in [-0.15, -0.1) is 0 Å². The topological polar surface area (TPSA) is 64.1 Å². The van der Waals surface area contributed by atoms with Crippen molar-refractivity contribution in [1.29, 1.82) is 0 Å². The van der Waals surface area contributed by atoms with E-state index in [1.807, 2.05) is 0 Å². The van der Waals surface area contributed by atoms with Crippen LogP contribution in [0.3, 0.4) is 0 Å². The minimum absolute atomic E-state index is 0. The van der Waals surface area contributed by atoms with Crippen molar-refractivity contribution in [3.8, 4) is 0 Å². The molecule has 0 saturated heterocycles. The van der Waals surface area contributed by atoms with Gasteiger partial charge in [0.2, 0.25) is 0 Å². The van der Waals surface area contributed by atoms with Crippen molar-refractivity contribution in [2.75, 3.05) is 17.2 Å². The molecule has 0 aromatic heterocycles. The number of hydrogen-bond acceptors (Lipinski definition) is 0. The molecule has 0 fully saturated rings. The molecule has 200 valence electrons. The Morgan fingerprint density at radius 2 is 0.844 bits per heavy atom. The van der Waals surface area contributed by atoms with Gasteiger partial charge in [-0.25, -0.2) is 0 Å². The van der Waals surface area contributed by atoms with Crippen molar-refractivity contribution in [1.82, 2.24) is 6.15 Å². The van der Waals surface area contributed by atoms with Gasteiger partial charge in [0, 0.05) is 10.7 Å². The van der Waals surface area contributed by atoms with Gasteiger partial charge in [0.1, 0.15) is 0 Å².